The van der Waals surface area contributed by atoms with Crippen molar-refractivity contribution in [1.82, 2.24) is 57.3 Å². The topological polar surface area (TPSA) is 107 Å². The van der Waals surface area contributed by atoms with Gasteiger partial charge >= 0.3 is 0 Å². The summed E-state index contributed by atoms with van der Waals surface area (Å²) in [4.78, 5) is 27.0. The Bertz CT molecular complexity index is 6630. The molecule has 12 aromatic carbocycles. The molecule has 0 aliphatic rings. The van der Waals surface area contributed by atoms with Crippen LogP contribution in [-0.4, -0.2) is 57.3 Å². The molecule has 0 aliphatic heterocycles. The van der Waals surface area contributed by atoms with Gasteiger partial charge in [0.1, 0.15) is 0 Å². The first-order valence-electron chi connectivity index (χ1n) is 38.2. The third kappa shape index (κ3) is 10.8. The van der Waals surface area contributed by atoms with E-state index in [-0.39, 0.29) is 0 Å². The number of hydrogen-bond acceptors (Lipinski definition) is 6. The van der Waals surface area contributed by atoms with E-state index in [9.17, 15) is 0 Å². The van der Waals surface area contributed by atoms with Crippen molar-refractivity contribution < 1.29 is 0 Å². The summed E-state index contributed by atoms with van der Waals surface area (Å²) in [7, 11) is 0. The number of benzene rings is 12. The Morgan fingerprint density at radius 3 is 0.693 bits per heavy atom. The van der Waals surface area contributed by atoms with Crippen LogP contribution in [0.3, 0.4) is 0 Å². The molecule has 0 unspecified atom stereocenters. The zero-order chi connectivity index (χ0) is 75.2. The molecule has 114 heavy (non-hydrogen) atoms. The first-order chi connectivity index (χ1) is 56.6. The maximum Gasteiger partial charge on any atom is 0.0963 e. The minimum atomic E-state index is 1.01. The molecule has 12 heteroatoms. The minimum Gasteiger partial charge on any atom is -0.309 e. The van der Waals surface area contributed by atoms with Crippen LogP contribution in [0, 0.1) is 0 Å². The van der Waals surface area contributed by atoms with Crippen LogP contribution in [0.2, 0.25) is 0 Å². The van der Waals surface area contributed by atoms with E-state index in [1.165, 1.54) is 109 Å². The van der Waals surface area contributed by atoms with Crippen LogP contribution in [-0.2, 0) is 0 Å². The van der Waals surface area contributed by atoms with Crippen LogP contribution in [0.15, 0.2) is 402 Å². The summed E-state index contributed by atoms with van der Waals surface area (Å²) in [6.07, 6.45) is 21.1. The van der Waals surface area contributed by atoms with E-state index in [1.807, 2.05) is 86.4 Å². The van der Waals surface area contributed by atoms with Crippen molar-refractivity contribution in [3.63, 3.8) is 0 Å². The zero-order valence-electron chi connectivity index (χ0n) is 61.5. The minimum absolute atomic E-state index is 1.01. The van der Waals surface area contributed by atoms with Crippen molar-refractivity contribution in [3.8, 4) is 67.5 Å². The van der Waals surface area contributed by atoms with Crippen molar-refractivity contribution in [2.75, 3.05) is 0 Å². The monoisotopic (exact) mass is 1460 g/mol. The summed E-state index contributed by atoms with van der Waals surface area (Å²) in [5.74, 6) is 0. The molecule has 24 aromatic rings. The first kappa shape index (κ1) is 65.4. The fraction of sp³-hybridized carbons (Fsp3) is 0. The Morgan fingerprint density at radius 2 is 0.386 bits per heavy atom. The van der Waals surface area contributed by atoms with Crippen LogP contribution in [0.25, 0.3) is 198 Å². The molecule has 0 saturated carbocycles. The fourth-order valence-electron chi connectivity index (χ4n) is 17.4. The molecule has 534 valence electrons. The Kier molecular flexibility index (Phi) is 15.6. The van der Waals surface area contributed by atoms with Gasteiger partial charge in [-0.1, -0.05) is 146 Å². The highest BCUT2D eigenvalue weighted by Gasteiger charge is 2.22. The summed E-state index contributed by atoms with van der Waals surface area (Å²) in [6.45, 7) is 0. The summed E-state index contributed by atoms with van der Waals surface area (Å²) in [5, 5.41) is 13.2. The molecule has 0 spiro atoms. The smallest absolute Gasteiger partial charge is 0.0963 e. The van der Waals surface area contributed by atoms with Gasteiger partial charge in [-0.25, -0.2) is 0 Å². The van der Waals surface area contributed by atoms with Crippen LogP contribution in [0.4, 0.5) is 0 Å². The fourth-order valence-corrected chi connectivity index (χ4v) is 17.4. The second-order valence-electron chi connectivity index (χ2n) is 28.8. The molecule has 12 nitrogen and oxygen atoms in total. The SMILES string of the molecule is c1ccc(-n2c3ccc(-c4ccc5c(c4)c4ccncc4n5-c4ccccc4)cc3c3ccncc32)cc1.c1ccc(-n2c3ccc(-c4ccc5c(c4)c4ncccc4n5-c4ccccc4)cc3c3ccncc32)cc1.c1ccc(-n2c3ccncc3c3cc(-c4ccc5c(c4)c4ccncc4n5-c4ccccc4)ccc32)cc1. The van der Waals surface area contributed by atoms with E-state index < -0.39 is 0 Å². The number of pyridine rings is 6. The maximum atomic E-state index is 4.79. The highest BCUT2D eigenvalue weighted by atomic mass is 15.0. The molecule has 0 fully saturated rings. The molecule has 24 rings (SSSR count). The van der Waals surface area contributed by atoms with Crippen LogP contribution < -0.4 is 0 Å². The van der Waals surface area contributed by atoms with Gasteiger partial charge in [-0.3, -0.25) is 29.9 Å². The molecule has 0 amide bonds. The van der Waals surface area contributed by atoms with Gasteiger partial charge in [0.15, 0.2) is 0 Å². The third-order valence-electron chi connectivity index (χ3n) is 22.4. The van der Waals surface area contributed by atoms with E-state index in [2.05, 4.69) is 368 Å². The van der Waals surface area contributed by atoms with E-state index in [0.29, 0.717) is 0 Å². The number of fused-ring (bicyclic) bond motifs is 18. The van der Waals surface area contributed by atoms with Gasteiger partial charge < -0.3 is 27.4 Å². The number of rotatable bonds is 9. The quantitative estimate of drug-likeness (QED) is 0.142. The molecule has 0 radical (unpaired) electrons. The Labute approximate surface area is 653 Å². The van der Waals surface area contributed by atoms with Gasteiger partial charge in [0.25, 0.3) is 0 Å². The second-order valence-corrected chi connectivity index (χ2v) is 28.8. The summed E-state index contributed by atoms with van der Waals surface area (Å²) < 4.78 is 13.8. The summed E-state index contributed by atoms with van der Waals surface area (Å²) >= 11 is 0. The second kappa shape index (κ2) is 27.2. The highest BCUT2D eigenvalue weighted by molar-refractivity contribution is 6.16. The summed E-state index contributed by atoms with van der Waals surface area (Å²) in [6, 6.07) is 118. The first-order valence-corrected chi connectivity index (χ1v) is 38.2. The van der Waals surface area contributed by atoms with Gasteiger partial charge in [-0.05, 0) is 221 Å². The van der Waals surface area contributed by atoms with Gasteiger partial charge in [-0.2, -0.15) is 0 Å². The predicted octanol–water partition coefficient (Wildman–Crippen LogP) is 25.0. The van der Waals surface area contributed by atoms with Crippen LogP contribution in [0.5, 0.6) is 0 Å². The van der Waals surface area contributed by atoms with E-state index in [4.69, 9.17) is 4.98 Å². The zero-order valence-corrected chi connectivity index (χ0v) is 61.5. The van der Waals surface area contributed by atoms with Crippen molar-refractivity contribution in [2.24, 2.45) is 0 Å². The van der Waals surface area contributed by atoms with E-state index >= 15 is 0 Å². The molecular formula is C102H66N12. The Hall–Kier alpha value is -15.7. The normalized spacial score (nSPS) is 11.7. The Morgan fingerprint density at radius 1 is 0.149 bits per heavy atom. The molecule has 0 atom stereocenters. The molecule has 0 N–H and O–H groups in total. The van der Waals surface area contributed by atoms with Gasteiger partial charge in [-0.15, -0.1) is 0 Å². The highest BCUT2D eigenvalue weighted by Crippen LogP contribution is 2.43. The maximum absolute atomic E-state index is 4.79. The molecule has 0 saturated heterocycles. The average molecular weight is 1460 g/mol. The lowest BCUT2D eigenvalue weighted by Crippen LogP contribution is -1.93. The Balaban J connectivity index is 0.000000104. The number of hydrogen-bond donors (Lipinski definition) is 0. The average Bonchev–Trinajstić information content (AvgIpc) is 1.59. The lowest BCUT2D eigenvalue weighted by atomic mass is 10.0. The third-order valence-corrected chi connectivity index (χ3v) is 22.4. The molecule has 0 aliphatic carbocycles. The number of para-hydroxylation sites is 6. The number of aromatic nitrogens is 12. The van der Waals surface area contributed by atoms with E-state index in [0.717, 1.165) is 89.0 Å². The standard InChI is InChI=1S/3C34H22N4/c1-3-8-25(9-4-1)37-31-16-14-24(21-29(31)34-32(37)12-7-18-36-34)23-13-15-30-28(20-23)27-17-19-35-22-33(27)38(30)26-10-5-2-6-11-26;1-3-7-25(8-4-1)37-32-14-12-24(20-29(32)30-21-35-18-16-33(30)37)23-11-13-31-28(19-23)27-15-17-36-22-34(27)38(31)26-9-5-2-6-10-26;1-3-7-25(8-4-1)37-31-13-11-23(19-29(31)27-15-17-35-21-33(27)37)24-12-14-32-30(20-24)28-16-18-36-22-34(28)38(32)26-9-5-2-6-10-26/h3*1-22H. The number of nitrogens with zero attached hydrogens (tertiary/aromatic N) is 12. The van der Waals surface area contributed by atoms with Crippen LogP contribution in [0.1, 0.15) is 0 Å². The summed E-state index contributed by atoms with van der Waals surface area (Å²) in [5.41, 5.74) is 28.7. The molecular weight excluding hydrogens is 1390 g/mol. The van der Waals surface area contributed by atoms with Crippen molar-refractivity contribution in [1.29, 1.82) is 0 Å². The lowest BCUT2D eigenvalue weighted by molar-refractivity contribution is 1.16. The van der Waals surface area contributed by atoms with Crippen molar-refractivity contribution in [2.45, 2.75) is 0 Å². The van der Waals surface area contributed by atoms with Gasteiger partial charge in [0, 0.05) is 137 Å². The molecule has 12 aromatic heterocycles. The lowest BCUT2D eigenvalue weighted by Gasteiger charge is -2.09. The van der Waals surface area contributed by atoms with Crippen molar-refractivity contribution in [3.05, 3.63) is 402 Å². The van der Waals surface area contributed by atoms with E-state index in [1.54, 1.807) is 0 Å². The molecule has 12 heterocycles. The van der Waals surface area contributed by atoms with Crippen LogP contribution >= 0.6 is 0 Å². The predicted molar refractivity (Wildman–Crippen MR) is 468 cm³/mol. The largest absolute Gasteiger partial charge is 0.309 e. The molecule has 0 bridgehead atoms. The van der Waals surface area contributed by atoms with Gasteiger partial charge in [0.2, 0.25) is 0 Å². The van der Waals surface area contributed by atoms with Gasteiger partial charge in [0.05, 0.1) is 96.5 Å². The van der Waals surface area contributed by atoms with Crippen molar-refractivity contribution >= 4 is 131 Å².